The van der Waals surface area contributed by atoms with Crippen LogP contribution in [0.4, 0.5) is 0 Å². The van der Waals surface area contributed by atoms with Crippen LogP contribution in [0.1, 0.15) is 52.0 Å². The van der Waals surface area contributed by atoms with Crippen LogP contribution >= 0.6 is 0 Å². The number of carbonyl (C=O) groups is 2. The van der Waals surface area contributed by atoms with Gasteiger partial charge in [0, 0.05) is 44.1 Å². The Morgan fingerprint density at radius 3 is 2.05 bits per heavy atom. The third-order valence-electron chi connectivity index (χ3n) is 6.74. The smallest absolute Gasteiger partial charge is 0.335 e. The topological polar surface area (TPSA) is 112 Å². The Morgan fingerprint density at radius 1 is 0.825 bits per heavy atom. The van der Waals surface area contributed by atoms with Crippen LogP contribution < -0.4 is 10.3 Å². The number of rotatable bonds is 11. The Labute approximate surface area is 235 Å². The molecule has 0 amide bonds. The molecule has 2 N–H and O–H groups in total. The summed E-state index contributed by atoms with van der Waals surface area (Å²) in [6.45, 7) is 8.46. The lowest BCUT2D eigenvalue weighted by molar-refractivity contribution is 0.0696. The maximum atomic E-state index is 11.8. The molecule has 0 unspecified atom stereocenters. The van der Waals surface area contributed by atoms with Gasteiger partial charge >= 0.3 is 11.9 Å². The van der Waals surface area contributed by atoms with E-state index in [9.17, 15) is 14.4 Å². The number of likely N-dealkylation sites (N-methyl/N-ethyl adjacent to an activating group) is 1. The highest BCUT2D eigenvalue weighted by molar-refractivity contribution is 5.94. The number of nitrogens with zero attached hydrogens (tertiary/aromatic N) is 3. The van der Waals surface area contributed by atoms with Gasteiger partial charge in [-0.25, -0.2) is 9.59 Å². The summed E-state index contributed by atoms with van der Waals surface area (Å²) in [5.74, 6) is -1.38. The third-order valence-corrected chi connectivity index (χ3v) is 6.74. The fourth-order valence-corrected chi connectivity index (χ4v) is 4.43. The molecule has 9 nitrogen and oxygen atoms in total. The lowest BCUT2D eigenvalue weighted by Crippen LogP contribution is -2.44. The zero-order valence-corrected chi connectivity index (χ0v) is 23.3. The molecule has 0 atom stereocenters. The van der Waals surface area contributed by atoms with Crippen molar-refractivity contribution in [3.05, 3.63) is 93.9 Å². The largest absolute Gasteiger partial charge is 0.494 e. The number of pyridine rings is 1. The summed E-state index contributed by atoms with van der Waals surface area (Å²) in [7, 11) is 2.20. The van der Waals surface area contributed by atoms with Gasteiger partial charge in [-0.05, 0) is 87.5 Å². The van der Waals surface area contributed by atoms with Crippen molar-refractivity contribution in [2.24, 2.45) is 0 Å². The average Bonchev–Trinajstić information content (AvgIpc) is 2.94. The molecule has 0 saturated carbocycles. The van der Waals surface area contributed by atoms with Gasteiger partial charge in [0.15, 0.2) is 0 Å². The number of carboxylic acids is 2. The number of aryl methyl sites for hydroxylation is 1. The van der Waals surface area contributed by atoms with Crippen molar-refractivity contribution in [2.75, 3.05) is 46.4 Å². The molecule has 1 aliphatic rings. The fraction of sp³-hybridized carbons (Fsp3) is 0.387. The van der Waals surface area contributed by atoms with Crippen molar-refractivity contribution < 1.29 is 24.5 Å². The van der Waals surface area contributed by atoms with Crippen LogP contribution in [0.25, 0.3) is 5.69 Å². The van der Waals surface area contributed by atoms with E-state index >= 15 is 0 Å². The molecule has 0 bridgehead atoms. The normalized spacial score (nSPS) is 13.8. The predicted molar refractivity (Wildman–Crippen MR) is 155 cm³/mol. The third kappa shape index (κ3) is 9.98. The number of ether oxygens (including phenoxy) is 1. The number of aromatic carboxylic acids is 2. The van der Waals surface area contributed by atoms with E-state index in [0.29, 0.717) is 5.56 Å². The highest BCUT2D eigenvalue weighted by atomic mass is 16.5. The first-order valence-electron chi connectivity index (χ1n) is 13.6. The van der Waals surface area contributed by atoms with Crippen molar-refractivity contribution in [2.45, 2.75) is 32.6 Å². The number of benzene rings is 2. The van der Waals surface area contributed by atoms with Gasteiger partial charge < -0.3 is 24.7 Å². The molecule has 0 spiro atoms. The molecular weight excluding hydrogens is 510 g/mol. The van der Waals surface area contributed by atoms with Gasteiger partial charge in [-0.3, -0.25) is 9.36 Å². The number of piperazine rings is 1. The molecule has 3 aromatic rings. The van der Waals surface area contributed by atoms with Gasteiger partial charge in [-0.15, -0.1) is 0 Å². The Bertz CT molecular complexity index is 1260. The predicted octanol–water partition coefficient (Wildman–Crippen LogP) is 4.42. The SMILES string of the molecule is CN1CCN(CCCCCCOc2ccc(-n3ccccc3=O)cc2)CC1.Cc1cc(C(=O)O)cc(C(=O)O)c1. The summed E-state index contributed by atoms with van der Waals surface area (Å²) in [5, 5.41) is 17.2. The van der Waals surface area contributed by atoms with Gasteiger partial charge in [0.25, 0.3) is 5.56 Å². The second-order valence-corrected chi connectivity index (χ2v) is 10.0. The second kappa shape index (κ2) is 15.6. The number of carboxylic acid groups (broad SMARTS) is 2. The average molecular weight is 550 g/mol. The van der Waals surface area contributed by atoms with Crippen molar-refractivity contribution in [1.29, 1.82) is 0 Å². The zero-order chi connectivity index (χ0) is 28.9. The van der Waals surface area contributed by atoms with E-state index in [4.69, 9.17) is 14.9 Å². The molecule has 214 valence electrons. The summed E-state index contributed by atoms with van der Waals surface area (Å²) < 4.78 is 7.46. The van der Waals surface area contributed by atoms with E-state index in [1.54, 1.807) is 29.8 Å². The molecule has 1 aromatic heterocycles. The first-order chi connectivity index (χ1) is 19.2. The van der Waals surface area contributed by atoms with Crippen LogP contribution in [0.3, 0.4) is 0 Å². The fourth-order valence-electron chi connectivity index (χ4n) is 4.43. The molecule has 1 fully saturated rings. The van der Waals surface area contributed by atoms with Crippen molar-refractivity contribution in [3.8, 4) is 11.4 Å². The highest BCUT2D eigenvalue weighted by Gasteiger charge is 2.12. The Morgan fingerprint density at radius 2 is 1.45 bits per heavy atom. The molecule has 9 heteroatoms. The van der Waals surface area contributed by atoms with Crippen molar-refractivity contribution in [1.82, 2.24) is 14.4 Å². The number of hydrogen-bond donors (Lipinski definition) is 2. The molecule has 0 radical (unpaired) electrons. The minimum Gasteiger partial charge on any atom is -0.494 e. The Balaban J connectivity index is 0.000000285. The minimum absolute atomic E-state index is 0.00241. The van der Waals surface area contributed by atoms with Gasteiger partial charge in [0.05, 0.1) is 17.7 Å². The first kappa shape index (κ1) is 30.6. The summed E-state index contributed by atoms with van der Waals surface area (Å²) in [5.41, 5.74) is 1.45. The zero-order valence-electron chi connectivity index (χ0n) is 23.3. The van der Waals surface area contributed by atoms with Crippen LogP contribution in [0, 0.1) is 6.92 Å². The van der Waals surface area contributed by atoms with Crippen LogP contribution in [0.2, 0.25) is 0 Å². The first-order valence-corrected chi connectivity index (χ1v) is 13.6. The van der Waals surface area contributed by atoms with Gasteiger partial charge in [0.1, 0.15) is 5.75 Å². The Hall–Kier alpha value is -3.95. The number of aromatic nitrogens is 1. The summed E-state index contributed by atoms with van der Waals surface area (Å²) in [6.07, 6.45) is 6.63. The molecule has 0 aliphatic carbocycles. The van der Waals surface area contributed by atoms with E-state index in [0.717, 1.165) is 30.5 Å². The lowest BCUT2D eigenvalue weighted by Gasteiger charge is -2.32. The molecule has 4 rings (SSSR count). The summed E-state index contributed by atoms with van der Waals surface area (Å²) >= 11 is 0. The Kier molecular flexibility index (Phi) is 11.9. The number of hydrogen-bond acceptors (Lipinski definition) is 6. The quantitative estimate of drug-likeness (QED) is 0.338. The van der Waals surface area contributed by atoms with Crippen LogP contribution in [-0.4, -0.2) is 82.9 Å². The van der Waals surface area contributed by atoms with Crippen LogP contribution in [-0.2, 0) is 0 Å². The highest BCUT2D eigenvalue weighted by Crippen LogP contribution is 2.15. The molecule has 2 aromatic carbocycles. The molecule has 40 heavy (non-hydrogen) atoms. The second-order valence-electron chi connectivity index (χ2n) is 10.0. The standard InChI is InChI=1S/C22H31N3O2.C9H8O4/c1-23-15-17-24(18-16-23)13-5-2-3-7-19-27-21-11-9-20(10-12-21)25-14-6-4-8-22(25)26;1-5-2-6(8(10)11)4-7(3-5)9(12)13/h4,6,8-12,14H,2-3,5,7,13,15-19H2,1H3;2-4H,1H3,(H,10,11)(H,12,13). The van der Waals surface area contributed by atoms with E-state index in [-0.39, 0.29) is 16.7 Å². The maximum absolute atomic E-state index is 11.8. The summed E-state index contributed by atoms with van der Waals surface area (Å²) in [4.78, 5) is 37.9. The van der Waals surface area contributed by atoms with Crippen molar-refractivity contribution >= 4 is 11.9 Å². The van der Waals surface area contributed by atoms with E-state index in [2.05, 4.69) is 16.8 Å². The lowest BCUT2D eigenvalue weighted by atomic mass is 10.1. The van der Waals surface area contributed by atoms with Crippen molar-refractivity contribution in [3.63, 3.8) is 0 Å². The van der Waals surface area contributed by atoms with Crippen LogP contribution in [0.5, 0.6) is 5.75 Å². The summed E-state index contributed by atoms with van der Waals surface area (Å²) in [6, 6.07) is 16.9. The van der Waals surface area contributed by atoms with Crippen LogP contribution in [0.15, 0.2) is 71.7 Å². The van der Waals surface area contributed by atoms with Gasteiger partial charge in [0.2, 0.25) is 0 Å². The molecule has 2 heterocycles. The minimum atomic E-state index is -1.12. The van der Waals surface area contributed by atoms with E-state index in [1.165, 1.54) is 64.1 Å². The van der Waals surface area contributed by atoms with E-state index in [1.807, 2.05) is 30.3 Å². The molecule has 1 saturated heterocycles. The molecule has 1 aliphatic heterocycles. The maximum Gasteiger partial charge on any atom is 0.335 e. The monoisotopic (exact) mass is 549 g/mol. The van der Waals surface area contributed by atoms with Gasteiger partial charge in [-0.2, -0.15) is 0 Å². The van der Waals surface area contributed by atoms with E-state index < -0.39 is 11.9 Å². The van der Waals surface area contributed by atoms with Gasteiger partial charge in [-0.1, -0.05) is 18.9 Å². The number of unbranched alkanes of at least 4 members (excludes halogenated alkanes) is 3. The molecular formula is C31H39N3O6.